The Balaban J connectivity index is 2.48. The summed E-state index contributed by atoms with van der Waals surface area (Å²) in [4.78, 5) is 11.0. The molecule has 86 valence electrons. The average molecular weight is 220 g/mol. The molecule has 2 unspecified atom stereocenters. The van der Waals surface area contributed by atoms with E-state index in [4.69, 9.17) is 9.47 Å². The summed E-state index contributed by atoms with van der Waals surface area (Å²) in [6, 6.07) is 0. The number of allylic oxidation sites excluding steroid dienone is 1. The lowest BCUT2D eigenvalue weighted by atomic mass is 10.00. The van der Waals surface area contributed by atoms with Gasteiger partial charge in [-0.25, -0.2) is 4.79 Å². The van der Waals surface area contributed by atoms with Crippen molar-refractivity contribution in [2.45, 2.75) is 13.0 Å². The summed E-state index contributed by atoms with van der Waals surface area (Å²) >= 11 is 0. The van der Waals surface area contributed by atoms with Crippen molar-refractivity contribution in [1.82, 2.24) is 0 Å². The Morgan fingerprint density at radius 3 is 3.12 bits per heavy atom. The first-order chi connectivity index (χ1) is 7.77. The summed E-state index contributed by atoms with van der Waals surface area (Å²) < 4.78 is 10.3. The van der Waals surface area contributed by atoms with Gasteiger partial charge in [-0.05, 0) is 13.0 Å². The number of esters is 1. The lowest BCUT2D eigenvalue weighted by Crippen LogP contribution is -2.25. The van der Waals surface area contributed by atoms with Gasteiger partial charge in [-0.1, -0.05) is 30.9 Å². The monoisotopic (exact) mass is 220 g/mol. The molecule has 1 aliphatic rings. The predicted octanol–water partition coefficient (Wildman–Crippen LogP) is 2.38. The Bertz CT molecular complexity index is 326. The highest BCUT2D eigenvalue weighted by atomic mass is 16.5. The SMILES string of the molecule is C=CC1OC(=O)C=CC1/C=C/OC/C=C/C. The largest absolute Gasteiger partial charge is 0.497 e. The third-order valence-corrected chi connectivity index (χ3v) is 2.14. The second-order valence-corrected chi connectivity index (χ2v) is 3.30. The molecule has 0 bridgehead atoms. The van der Waals surface area contributed by atoms with Crippen LogP contribution in [0.4, 0.5) is 0 Å². The molecule has 0 aromatic rings. The van der Waals surface area contributed by atoms with E-state index in [1.165, 1.54) is 6.08 Å². The molecule has 0 N–H and O–H groups in total. The molecule has 0 aromatic heterocycles. The van der Waals surface area contributed by atoms with Crippen molar-refractivity contribution in [3.8, 4) is 0 Å². The Hall–Kier alpha value is -1.77. The van der Waals surface area contributed by atoms with Crippen LogP contribution in [0, 0.1) is 5.92 Å². The number of cyclic esters (lactones) is 1. The zero-order valence-corrected chi connectivity index (χ0v) is 9.34. The van der Waals surface area contributed by atoms with Gasteiger partial charge in [0.25, 0.3) is 0 Å². The molecule has 1 heterocycles. The maximum atomic E-state index is 11.0. The molecular weight excluding hydrogens is 204 g/mol. The zero-order valence-electron chi connectivity index (χ0n) is 9.34. The molecule has 1 rings (SSSR count). The van der Waals surface area contributed by atoms with Crippen LogP contribution in [0.3, 0.4) is 0 Å². The van der Waals surface area contributed by atoms with Crippen molar-refractivity contribution in [3.05, 3.63) is 49.3 Å². The van der Waals surface area contributed by atoms with Gasteiger partial charge in [-0.3, -0.25) is 0 Å². The molecule has 0 aliphatic carbocycles. The quantitative estimate of drug-likeness (QED) is 0.309. The Morgan fingerprint density at radius 1 is 1.62 bits per heavy atom. The van der Waals surface area contributed by atoms with Crippen molar-refractivity contribution >= 4 is 5.97 Å². The molecule has 3 heteroatoms. The van der Waals surface area contributed by atoms with Gasteiger partial charge >= 0.3 is 5.97 Å². The van der Waals surface area contributed by atoms with Crippen molar-refractivity contribution in [3.63, 3.8) is 0 Å². The van der Waals surface area contributed by atoms with Crippen LogP contribution in [0.1, 0.15) is 6.92 Å². The first kappa shape index (κ1) is 12.3. The molecule has 0 spiro atoms. The minimum Gasteiger partial charge on any atom is -0.497 e. The summed E-state index contributed by atoms with van der Waals surface area (Å²) in [5, 5.41) is 0. The fraction of sp³-hybridized carbons (Fsp3) is 0.308. The van der Waals surface area contributed by atoms with Crippen molar-refractivity contribution in [2.24, 2.45) is 5.92 Å². The van der Waals surface area contributed by atoms with Crippen LogP contribution >= 0.6 is 0 Å². The predicted molar refractivity (Wildman–Crippen MR) is 62.6 cm³/mol. The van der Waals surface area contributed by atoms with E-state index in [1.807, 2.05) is 25.2 Å². The summed E-state index contributed by atoms with van der Waals surface area (Å²) in [5.74, 6) is -0.329. The summed E-state index contributed by atoms with van der Waals surface area (Å²) in [6.07, 6.45) is 11.8. The van der Waals surface area contributed by atoms with Crippen LogP contribution in [0.15, 0.2) is 49.3 Å². The smallest absolute Gasteiger partial charge is 0.331 e. The van der Waals surface area contributed by atoms with Crippen LogP contribution in [-0.2, 0) is 14.3 Å². The number of carbonyl (C=O) groups excluding carboxylic acids is 1. The fourth-order valence-electron chi connectivity index (χ4n) is 1.28. The fourth-order valence-corrected chi connectivity index (χ4v) is 1.28. The molecule has 0 saturated carbocycles. The second-order valence-electron chi connectivity index (χ2n) is 3.30. The van der Waals surface area contributed by atoms with E-state index in [0.717, 1.165) is 0 Å². The van der Waals surface area contributed by atoms with Gasteiger partial charge < -0.3 is 9.47 Å². The first-order valence-electron chi connectivity index (χ1n) is 5.18. The van der Waals surface area contributed by atoms with Crippen LogP contribution < -0.4 is 0 Å². The van der Waals surface area contributed by atoms with E-state index in [1.54, 1.807) is 18.4 Å². The zero-order chi connectivity index (χ0) is 11.8. The van der Waals surface area contributed by atoms with E-state index in [2.05, 4.69) is 6.58 Å². The molecule has 1 aliphatic heterocycles. The topological polar surface area (TPSA) is 35.5 Å². The molecule has 3 nitrogen and oxygen atoms in total. The molecule has 0 radical (unpaired) electrons. The Kier molecular flexibility index (Phi) is 5.12. The van der Waals surface area contributed by atoms with E-state index in [9.17, 15) is 4.79 Å². The lowest BCUT2D eigenvalue weighted by Gasteiger charge is -2.21. The van der Waals surface area contributed by atoms with Gasteiger partial charge in [0.2, 0.25) is 0 Å². The molecule has 0 amide bonds. The minimum atomic E-state index is -0.329. The molecular formula is C13H16O3. The van der Waals surface area contributed by atoms with Gasteiger partial charge in [0, 0.05) is 12.0 Å². The number of hydrogen-bond donors (Lipinski definition) is 0. The van der Waals surface area contributed by atoms with Crippen LogP contribution in [0.2, 0.25) is 0 Å². The normalized spacial score (nSPS) is 24.9. The third-order valence-electron chi connectivity index (χ3n) is 2.14. The molecule has 2 atom stereocenters. The second kappa shape index (κ2) is 6.67. The highest BCUT2D eigenvalue weighted by Gasteiger charge is 2.21. The lowest BCUT2D eigenvalue weighted by molar-refractivity contribution is -0.143. The number of ether oxygens (including phenoxy) is 2. The molecule has 0 saturated heterocycles. The van der Waals surface area contributed by atoms with E-state index < -0.39 is 0 Å². The van der Waals surface area contributed by atoms with Crippen LogP contribution in [0.5, 0.6) is 0 Å². The van der Waals surface area contributed by atoms with E-state index in [-0.39, 0.29) is 18.0 Å². The van der Waals surface area contributed by atoms with E-state index >= 15 is 0 Å². The van der Waals surface area contributed by atoms with E-state index in [0.29, 0.717) is 6.61 Å². The standard InChI is InChI=1S/C13H16O3/c1-3-5-9-15-10-8-11-6-7-13(14)16-12(11)4-2/h3-8,10-12H,2,9H2,1H3/b5-3+,10-8+. The third kappa shape index (κ3) is 3.77. The van der Waals surface area contributed by atoms with Crippen molar-refractivity contribution < 1.29 is 14.3 Å². The highest BCUT2D eigenvalue weighted by molar-refractivity contribution is 5.83. The highest BCUT2D eigenvalue weighted by Crippen LogP contribution is 2.17. The van der Waals surface area contributed by atoms with Gasteiger partial charge in [0.05, 0.1) is 6.26 Å². The van der Waals surface area contributed by atoms with Crippen molar-refractivity contribution in [2.75, 3.05) is 6.61 Å². The Morgan fingerprint density at radius 2 is 2.44 bits per heavy atom. The average Bonchev–Trinajstić information content (AvgIpc) is 2.30. The van der Waals surface area contributed by atoms with Crippen LogP contribution in [-0.4, -0.2) is 18.7 Å². The van der Waals surface area contributed by atoms with Gasteiger partial charge in [0.15, 0.2) is 0 Å². The maximum absolute atomic E-state index is 11.0. The summed E-state index contributed by atoms with van der Waals surface area (Å²) in [6.45, 7) is 6.11. The van der Waals surface area contributed by atoms with Gasteiger partial charge in [-0.2, -0.15) is 0 Å². The summed E-state index contributed by atoms with van der Waals surface area (Å²) in [7, 11) is 0. The van der Waals surface area contributed by atoms with Crippen LogP contribution in [0.25, 0.3) is 0 Å². The number of hydrogen-bond acceptors (Lipinski definition) is 3. The minimum absolute atomic E-state index is 0.000746. The molecule has 0 aromatic carbocycles. The number of carbonyl (C=O) groups is 1. The van der Waals surface area contributed by atoms with Gasteiger partial charge in [-0.15, -0.1) is 0 Å². The molecule has 16 heavy (non-hydrogen) atoms. The van der Waals surface area contributed by atoms with Gasteiger partial charge in [0.1, 0.15) is 12.7 Å². The number of rotatable bonds is 5. The summed E-state index contributed by atoms with van der Waals surface area (Å²) in [5.41, 5.74) is 0. The molecule has 0 fully saturated rings. The first-order valence-corrected chi connectivity index (χ1v) is 5.18. The Labute approximate surface area is 95.7 Å². The maximum Gasteiger partial charge on any atom is 0.331 e. The van der Waals surface area contributed by atoms with Crippen molar-refractivity contribution in [1.29, 1.82) is 0 Å².